The third-order valence-corrected chi connectivity index (χ3v) is 7.13. The molecule has 202 valence electrons. The van der Waals surface area contributed by atoms with E-state index in [0.29, 0.717) is 60.5 Å². The van der Waals surface area contributed by atoms with Gasteiger partial charge < -0.3 is 14.8 Å². The fraction of sp³-hybridized carbons (Fsp3) is 0.323. The van der Waals surface area contributed by atoms with E-state index < -0.39 is 11.9 Å². The first-order valence-corrected chi connectivity index (χ1v) is 13.2. The number of carboxylic acid groups (broad SMARTS) is 2. The molecule has 8 heteroatoms. The summed E-state index contributed by atoms with van der Waals surface area (Å²) >= 11 is 0. The second-order valence-electron chi connectivity index (χ2n) is 9.83. The Balaban J connectivity index is 1.66. The minimum atomic E-state index is -0.995. The molecule has 0 amide bonds. The number of Topliss-reactive ketones (excluding diaryl/α,β-unsaturated/α-hetero) is 2. The van der Waals surface area contributed by atoms with Crippen molar-refractivity contribution >= 4 is 23.5 Å². The van der Waals surface area contributed by atoms with E-state index in [4.69, 9.17) is 5.11 Å². The first-order valence-electron chi connectivity index (χ1n) is 13.2. The number of carbonyl (C=O) groups is 4. The van der Waals surface area contributed by atoms with Crippen molar-refractivity contribution < 1.29 is 29.4 Å². The van der Waals surface area contributed by atoms with E-state index in [1.165, 1.54) is 0 Å². The molecule has 0 unspecified atom stereocenters. The van der Waals surface area contributed by atoms with Crippen LogP contribution in [-0.4, -0.2) is 43.3 Å². The molecule has 1 aliphatic rings. The number of hydrogen-bond donors (Lipinski definition) is 2. The van der Waals surface area contributed by atoms with E-state index in [-0.39, 0.29) is 29.2 Å². The van der Waals surface area contributed by atoms with Crippen molar-refractivity contribution in [1.82, 2.24) is 9.55 Å². The number of allylic oxidation sites excluding steroid dienone is 2. The van der Waals surface area contributed by atoms with Crippen LogP contribution in [0.25, 0.3) is 11.1 Å². The quantitative estimate of drug-likeness (QED) is 0.277. The number of ketones is 2. The first-order chi connectivity index (χ1) is 18.7. The molecule has 0 aliphatic heterocycles. The topological polar surface area (TPSA) is 127 Å². The van der Waals surface area contributed by atoms with Gasteiger partial charge in [0.15, 0.2) is 0 Å². The third-order valence-electron chi connectivity index (χ3n) is 7.13. The van der Waals surface area contributed by atoms with Crippen LogP contribution >= 0.6 is 0 Å². The molecule has 39 heavy (non-hydrogen) atoms. The summed E-state index contributed by atoms with van der Waals surface area (Å²) in [5.41, 5.74) is 3.79. The predicted octanol–water partition coefficient (Wildman–Crippen LogP) is 5.98. The van der Waals surface area contributed by atoms with E-state index in [2.05, 4.69) is 11.9 Å². The van der Waals surface area contributed by atoms with E-state index in [0.717, 1.165) is 24.0 Å². The molecule has 0 atom stereocenters. The lowest BCUT2D eigenvalue weighted by molar-refractivity contribution is -0.137. The molecule has 4 rings (SSSR count). The maximum atomic E-state index is 13.7. The summed E-state index contributed by atoms with van der Waals surface area (Å²) in [4.78, 5) is 54.1. The zero-order valence-electron chi connectivity index (χ0n) is 22.2. The normalized spacial score (nSPS) is 13.1. The molecule has 1 heterocycles. The lowest BCUT2D eigenvalue weighted by Gasteiger charge is -2.19. The van der Waals surface area contributed by atoms with Gasteiger partial charge >= 0.3 is 11.9 Å². The van der Waals surface area contributed by atoms with Gasteiger partial charge in [0.2, 0.25) is 11.6 Å². The van der Waals surface area contributed by atoms with Crippen LogP contribution in [0, 0.1) is 0 Å². The Hall–Kier alpha value is -4.33. The van der Waals surface area contributed by atoms with Crippen molar-refractivity contribution in [2.45, 2.75) is 65.3 Å². The van der Waals surface area contributed by atoms with Gasteiger partial charge in [0.05, 0.1) is 5.56 Å². The van der Waals surface area contributed by atoms with Crippen molar-refractivity contribution in [3.8, 4) is 11.1 Å². The van der Waals surface area contributed by atoms with Crippen LogP contribution in [0.5, 0.6) is 0 Å². The highest BCUT2D eigenvalue weighted by Gasteiger charge is 2.35. The molecule has 1 aromatic heterocycles. The van der Waals surface area contributed by atoms with E-state index in [9.17, 15) is 24.3 Å². The lowest BCUT2D eigenvalue weighted by atomic mass is 9.87. The molecule has 2 N–H and O–H groups in total. The minimum absolute atomic E-state index is 0.0196. The second kappa shape index (κ2) is 12.0. The predicted molar refractivity (Wildman–Crippen MR) is 146 cm³/mol. The number of aryl methyl sites for hydroxylation is 1. The van der Waals surface area contributed by atoms with Crippen LogP contribution in [-0.2, 0) is 17.8 Å². The van der Waals surface area contributed by atoms with Crippen molar-refractivity contribution in [3.05, 3.63) is 88.0 Å². The third kappa shape index (κ3) is 5.90. The number of carboxylic acids is 2. The molecular formula is C31H32N2O6. The van der Waals surface area contributed by atoms with Gasteiger partial charge in [0, 0.05) is 30.5 Å². The van der Waals surface area contributed by atoms with Crippen molar-refractivity contribution in [1.29, 1.82) is 0 Å². The van der Waals surface area contributed by atoms with Crippen LogP contribution in [0.3, 0.4) is 0 Å². The number of aliphatic carboxylic acids is 1. The monoisotopic (exact) mass is 528 g/mol. The number of rotatable bonds is 12. The number of aromatic nitrogens is 2. The number of unbranched alkanes of at least 4 members (excludes halogenated alkanes) is 2. The maximum Gasteiger partial charge on any atom is 0.336 e. The fourth-order valence-electron chi connectivity index (χ4n) is 4.98. The van der Waals surface area contributed by atoms with Crippen molar-refractivity contribution in [2.75, 3.05) is 0 Å². The molecule has 0 fully saturated rings. The standard InChI is InChI=1S/C31H32N2O6/c1-3-4-12-25-32-27-28(30(37)22(19(2)29(27)36)9-7-8-13-26(34)35)33(25)18-20-14-16-21(17-15-20)23-10-5-6-11-24(23)31(38)39/h5-6,10-11,14-17H,3-4,7-9,12-13,18H2,1-2H3,(H,34,35)(H,38,39). The Morgan fingerprint density at radius 3 is 2.28 bits per heavy atom. The molecular weight excluding hydrogens is 496 g/mol. The summed E-state index contributed by atoms with van der Waals surface area (Å²) in [6.45, 7) is 4.05. The number of aromatic carboxylic acids is 1. The van der Waals surface area contributed by atoms with Crippen molar-refractivity contribution in [2.24, 2.45) is 0 Å². The van der Waals surface area contributed by atoms with Gasteiger partial charge in [-0.25, -0.2) is 9.78 Å². The lowest BCUT2D eigenvalue weighted by Crippen LogP contribution is -2.24. The van der Waals surface area contributed by atoms with E-state index in [1.807, 2.05) is 28.8 Å². The Morgan fingerprint density at radius 2 is 1.62 bits per heavy atom. The molecule has 0 saturated heterocycles. The highest BCUT2D eigenvalue weighted by atomic mass is 16.4. The first kappa shape index (κ1) is 27.7. The van der Waals surface area contributed by atoms with E-state index >= 15 is 0 Å². The fourth-order valence-corrected chi connectivity index (χ4v) is 4.98. The van der Waals surface area contributed by atoms with Gasteiger partial charge in [-0.2, -0.15) is 0 Å². The van der Waals surface area contributed by atoms with Crippen LogP contribution in [0.15, 0.2) is 59.7 Å². The Kier molecular flexibility index (Phi) is 8.54. The van der Waals surface area contributed by atoms with Gasteiger partial charge in [-0.3, -0.25) is 14.4 Å². The average molecular weight is 529 g/mol. The highest BCUT2D eigenvalue weighted by Crippen LogP contribution is 2.31. The minimum Gasteiger partial charge on any atom is -0.481 e. The Bertz CT molecular complexity index is 1460. The highest BCUT2D eigenvalue weighted by molar-refractivity contribution is 6.25. The summed E-state index contributed by atoms with van der Waals surface area (Å²) < 4.78 is 1.84. The van der Waals surface area contributed by atoms with Gasteiger partial charge in [0.25, 0.3) is 0 Å². The summed E-state index contributed by atoms with van der Waals surface area (Å²) in [6, 6.07) is 14.3. The molecule has 3 aromatic rings. The molecule has 0 spiro atoms. The van der Waals surface area contributed by atoms with Crippen LogP contribution in [0.2, 0.25) is 0 Å². The zero-order valence-corrected chi connectivity index (χ0v) is 22.2. The molecule has 0 radical (unpaired) electrons. The summed E-state index contributed by atoms with van der Waals surface area (Å²) in [6.07, 6.45) is 3.71. The molecule has 0 saturated carbocycles. The van der Waals surface area contributed by atoms with Gasteiger partial charge in [-0.05, 0) is 55.4 Å². The van der Waals surface area contributed by atoms with Gasteiger partial charge in [0.1, 0.15) is 17.2 Å². The van der Waals surface area contributed by atoms with Gasteiger partial charge in [-0.1, -0.05) is 55.8 Å². The van der Waals surface area contributed by atoms with Crippen LogP contribution in [0.1, 0.15) is 95.1 Å². The Morgan fingerprint density at radius 1 is 0.897 bits per heavy atom. The molecule has 2 aromatic carbocycles. The number of fused-ring (bicyclic) bond motifs is 1. The summed E-state index contributed by atoms with van der Waals surface area (Å²) in [5, 5.41) is 18.5. The largest absolute Gasteiger partial charge is 0.481 e. The molecule has 8 nitrogen and oxygen atoms in total. The number of imidazole rings is 1. The summed E-state index contributed by atoms with van der Waals surface area (Å²) in [7, 11) is 0. The zero-order chi connectivity index (χ0) is 28.1. The van der Waals surface area contributed by atoms with Crippen LogP contribution in [0.4, 0.5) is 0 Å². The smallest absolute Gasteiger partial charge is 0.336 e. The number of hydrogen-bond acceptors (Lipinski definition) is 5. The van der Waals surface area contributed by atoms with Gasteiger partial charge in [-0.15, -0.1) is 0 Å². The number of benzene rings is 2. The SMILES string of the molecule is CCCCc1nc2c(n1Cc1ccc(-c3ccccc3C(=O)O)cc1)C(=O)C(CCCCC(=O)O)=C(C)C2=O. The molecule has 0 bridgehead atoms. The summed E-state index contributed by atoms with van der Waals surface area (Å²) in [5.74, 6) is -1.67. The average Bonchev–Trinajstić information content (AvgIpc) is 3.28. The van der Waals surface area contributed by atoms with E-state index in [1.54, 1.807) is 31.2 Å². The number of carbonyl (C=O) groups excluding carboxylic acids is 2. The van der Waals surface area contributed by atoms with Crippen molar-refractivity contribution in [3.63, 3.8) is 0 Å². The number of nitrogens with zero attached hydrogens (tertiary/aromatic N) is 2. The Labute approximate surface area is 227 Å². The maximum absolute atomic E-state index is 13.7. The molecule has 1 aliphatic carbocycles. The van der Waals surface area contributed by atoms with Crippen LogP contribution < -0.4 is 0 Å². The second-order valence-corrected chi connectivity index (χ2v) is 9.83.